The third-order valence-corrected chi connectivity index (χ3v) is 2.21. The number of aromatic nitrogens is 2. The van der Waals surface area contributed by atoms with Gasteiger partial charge >= 0.3 is 5.69 Å². The predicted molar refractivity (Wildman–Crippen MR) is 60.2 cm³/mol. The lowest BCUT2D eigenvalue weighted by Crippen LogP contribution is -1.96. The summed E-state index contributed by atoms with van der Waals surface area (Å²) < 4.78 is 18.1. The predicted octanol–water partition coefficient (Wildman–Crippen LogP) is 2.97. The number of benzene rings is 1. The van der Waals surface area contributed by atoms with Crippen molar-refractivity contribution in [2.24, 2.45) is 0 Å². The second kappa shape index (κ2) is 4.92. The van der Waals surface area contributed by atoms with E-state index in [1.54, 1.807) is 0 Å². The standard InChI is InChI=1S/C10H5ClFN3O3/c11-9-10(14-4-3-13-9)18-8-5-6(12)1-2-7(8)15(16)17/h1-5H. The van der Waals surface area contributed by atoms with Gasteiger partial charge in [0, 0.05) is 24.5 Å². The van der Waals surface area contributed by atoms with Gasteiger partial charge < -0.3 is 4.74 Å². The maximum Gasteiger partial charge on any atom is 0.311 e. The number of nitrogens with zero attached hydrogens (tertiary/aromatic N) is 3. The average molecular weight is 270 g/mol. The largest absolute Gasteiger partial charge is 0.429 e. The molecule has 6 nitrogen and oxygen atoms in total. The molecule has 0 unspecified atom stereocenters. The zero-order valence-corrected chi connectivity index (χ0v) is 9.46. The second-order valence-electron chi connectivity index (χ2n) is 3.12. The summed E-state index contributed by atoms with van der Waals surface area (Å²) in [5.74, 6) is -1.09. The highest BCUT2D eigenvalue weighted by molar-refractivity contribution is 6.30. The Morgan fingerprint density at radius 2 is 2.06 bits per heavy atom. The van der Waals surface area contributed by atoms with Gasteiger partial charge in [0.1, 0.15) is 5.82 Å². The molecule has 18 heavy (non-hydrogen) atoms. The van der Waals surface area contributed by atoms with Crippen molar-refractivity contribution in [2.75, 3.05) is 0 Å². The lowest BCUT2D eigenvalue weighted by Gasteiger charge is -2.05. The molecule has 0 amide bonds. The van der Waals surface area contributed by atoms with Crippen LogP contribution in [0.25, 0.3) is 0 Å². The van der Waals surface area contributed by atoms with Crippen molar-refractivity contribution in [2.45, 2.75) is 0 Å². The number of ether oxygens (including phenoxy) is 1. The summed E-state index contributed by atoms with van der Waals surface area (Å²) in [5, 5.41) is 10.7. The molecule has 0 radical (unpaired) electrons. The highest BCUT2D eigenvalue weighted by Crippen LogP contribution is 2.32. The van der Waals surface area contributed by atoms with Gasteiger partial charge in [0.25, 0.3) is 5.88 Å². The number of nitro benzene ring substituents is 1. The highest BCUT2D eigenvalue weighted by atomic mass is 35.5. The van der Waals surface area contributed by atoms with E-state index in [0.717, 1.165) is 18.2 Å². The van der Waals surface area contributed by atoms with Crippen molar-refractivity contribution in [1.82, 2.24) is 9.97 Å². The molecule has 0 saturated heterocycles. The first-order valence-electron chi connectivity index (χ1n) is 4.66. The molecule has 2 rings (SSSR count). The first kappa shape index (κ1) is 12.2. The summed E-state index contributed by atoms with van der Waals surface area (Å²) in [4.78, 5) is 17.5. The minimum absolute atomic E-state index is 0.0731. The van der Waals surface area contributed by atoms with Gasteiger partial charge in [-0.3, -0.25) is 10.1 Å². The molecule has 0 aliphatic carbocycles. The highest BCUT2D eigenvalue weighted by Gasteiger charge is 2.18. The summed E-state index contributed by atoms with van der Waals surface area (Å²) in [7, 11) is 0. The van der Waals surface area contributed by atoms with E-state index in [1.807, 2.05) is 0 Å². The van der Waals surface area contributed by atoms with E-state index in [-0.39, 0.29) is 16.8 Å². The Labute approximate surface area is 105 Å². The van der Waals surface area contributed by atoms with Gasteiger partial charge in [-0.05, 0) is 6.07 Å². The summed E-state index contributed by atoms with van der Waals surface area (Å²) >= 11 is 5.68. The van der Waals surface area contributed by atoms with Crippen LogP contribution >= 0.6 is 11.6 Å². The first-order valence-corrected chi connectivity index (χ1v) is 5.04. The third kappa shape index (κ3) is 2.51. The third-order valence-electron chi connectivity index (χ3n) is 1.95. The molecule has 0 saturated carbocycles. The Bertz CT molecular complexity index is 609. The molecular weight excluding hydrogens is 265 g/mol. The summed E-state index contributed by atoms with van der Waals surface area (Å²) in [6.45, 7) is 0. The lowest BCUT2D eigenvalue weighted by atomic mass is 10.3. The fourth-order valence-electron chi connectivity index (χ4n) is 1.20. The van der Waals surface area contributed by atoms with E-state index in [4.69, 9.17) is 16.3 Å². The van der Waals surface area contributed by atoms with Crippen molar-refractivity contribution >= 4 is 17.3 Å². The molecule has 0 atom stereocenters. The Morgan fingerprint density at radius 3 is 2.72 bits per heavy atom. The van der Waals surface area contributed by atoms with Crippen molar-refractivity contribution in [3.8, 4) is 11.6 Å². The average Bonchev–Trinajstić information content (AvgIpc) is 2.32. The molecule has 0 bridgehead atoms. The van der Waals surface area contributed by atoms with Crippen molar-refractivity contribution in [3.05, 3.63) is 51.7 Å². The summed E-state index contributed by atoms with van der Waals surface area (Å²) in [5.41, 5.74) is -0.391. The van der Waals surface area contributed by atoms with E-state index in [1.165, 1.54) is 12.4 Å². The second-order valence-corrected chi connectivity index (χ2v) is 3.48. The van der Waals surface area contributed by atoms with Crippen LogP contribution < -0.4 is 4.74 Å². The van der Waals surface area contributed by atoms with Gasteiger partial charge in [-0.25, -0.2) is 14.4 Å². The minimum atomic E-state index is -0.695. The van der Waals surface area contributed by atoms with Crippen LogP contribution in [0.5, 0.6) is 11.6 Å². The van der Waals surface area contributed by atoms with Crippen LogP contribution in [0.4, 0.5) is 10.1 Å². The van der Waals surface area contributed by atoms with Gasteiger partial charge in [0.2, 0.25) is 5.75 Å². The lowest BCUT2D eigenvalue weighted by molar-refractivity contribution is -0.385. The Kier molecular flexibility index (Phi) is 3.33. The molecule has 0 aliphatic rings. The molecule has 92 valence electrons. The summed E-state index contributed by atoms with van der Waals surface area (Å²) in [6, 6.07) is 2.83. The van der Waals surface area contributed by atoms with E-state index < -0.39 is 16.4 Å². The maximum atomic E-state index is 13.0. The summed E-state index contributed by atoms with van der Waals surface area (Å²) in [6.07, 6.45) is 2.63. The van der Waals surface area contributed by atoms with E-state index >= 15 is 0 Å². The van der Waals surface area contributed by atoms with Crippen LogP contribution in [0.1, 0.15) is 0 Å². The minimum Gasteiger partial charge on any atom is -0.429 e. The molecule has 0 fully saturated rings. The van der Waals surface area contributed by atoms with Crippen LogP contribution in [-0.4, -0.2) is 14.9 Å². The van der Waals surface area contributed by atoms with E-state index in [0.29, 0.717) is 0 Å². The molecular formula is C10H5ClFN3O3. The molecule has 0 N–H and O–H groups in total. The van der Waals surface area contributed by atoms with Gasteiger partial charge in [-0.2, -0.15) is 0 Å². The van der Waals surface area contributed by atoms with Gasteiger partial charge in [-0.1, -0.05) is 11.6 Å². The fraction of sp³-hybridized carbons (Fsp3) is 0. The van der Waals surface area contributed by atoms with Crippen LogP contribution in [0, 0.1) is 15.9 Å². The number of nitro groups is 1. The van der Waals surface area contributed by atoms with E-state index in [9.17, 15) is 14.5 Å². The zero-order chi connectivity index (χ0) is 13.1. The fourth-order valence-corrected chi connectivity index (χ4v) is 1.35. The maximum absolute atomic E-state index is 13.0. The SMILES string of the molecule is O=[N+]([O-])c1ccc(F)cc1Oc1nccnc1Cl. The Hall–Kier alpha value is -2.28. The van der Waals surface area contributed by atoms with Crippen molar-refractivity contribution in [3.63, 3.8) is 0 Å². The van der Waals surface area contributed by atoms with Crippen LogP contribution in [0.15, 0.2) is 30.6 Å². The number of hydrogen-bond donors (Lipinski definition) is 0. The molecule has 0 spiro atoms. The Morgan fingerprint density at radius 1 is 1.33 bits per heavy atom. The monoisotopic (exact) mass is 269 g/mol. The molecule has 8 heteroatoms. The molecule has 2 aromatic rings. The molecule has 1 aromatic heterocycles. The van der Waals surface area contributed by atoms with Crippen LogP contribution in [0.2, 0.25) is 5.15 Å². The first-order chi connectivity index (χ1) is 8.58. The van der Waals surface area contributed by atoms with Crippen molar-refractivity contribution < 1.29 is 14.1 Å². The molecule has 0 aliphatic heterocycles. The molecule has 1 aromatic carbocycles. The number of hydrogen-bond acceptors (Lipinski definition) is 5. The normalized spacial score (nSPS) is 10.1. The number of halogens is 2. The number of rotatable bonds is 3. The van der Waals surface area contributed by atoms with Crippen LogP contribution in [0.3, 0.4) is 0 Å². The van der Waals surface area contributed by atoms with Crippen molar-refractivity contribution in [1.29, 1.82) is 0 Å². The quantitative estimate of drug-likeness (QED) is 0.632. The van der Waals surface area contributed by atoms with Gasteiger partial charge in [0.15, 0.2) is 5.15 Å². The Balaban J connectivity index is 2.42. The smallest absolute Gasteiger partial charge is 0.311 e. The van der Waals surface area contributed by atoms with Gasteiger partial charge in [0.05, 0.1) is 4.92 Å². The topological polar surface area (TPSA) is 78.2 Å². The van der Waals surface area contributed by atoms with E-state index in [2.05, 4.69) is 9.97 Å². The zero-order valence-electron chi connectivity index (χ0n) is 8.71. The van der Waals surface area contributed by atoms with Crippen LogP contribution in [-0.2, 0) is 0 Å². The van der Waals surface area contributed by atoms with Gasteiger partial charge in [-0.15, -0.1) is 0 Å². The molecule has 1 heterocycles.